The van der Waals surface area contributed by atoms with Crippen LogP contribution in [0.25, 0.3) is 0 Å². The van der Waals surface area contributed by atoms with Crippen LogP contribution in [0.3, 0.4) is 0 Å². The fraction of sp³-hybridized carbons (Fsp3) is 0.357. The molecule has 0 aliphatic rings. The Balaban J connectivity index is 2.08. The van der Waals surface area contributed by atoms with Gasteiger partial charge in [-0.3, -0.25) is 0 Å². The summed E-state index contributed by atoms with van der Waals surface area (Å²) >= 11 is 0. The van der Waals surface area contributed by atoms with Gasteiger partial charge in [-0.25, -0.2) is 14.9 Å². The molecule has 0 unspecified atom stereocenters. The summed E-state index contributed by atoms with van der Waals surface area (Å²) in [5.41, 5.74) is 4.66. The highest BCUT2D eigenvalue weighted by molar-refractivity contribution is 5.95. The Labute approximate surface area is 118 Å². The molecule has 2 rings (SSSR count). The second-order valence-corrected chi connectivity index (χ2v) is 4.51. The van der Waals surface area contributed by atoms with Crippen molar-refractivity contribution in [3.63, 3.8) is 0 Å². The molecule has 0 aliphatic heterocycles. The molecule has 0 bridgehead atoms. The Kier molecular flexibility index (Phi) is 4.34. The van der Waals surface area contributed by atoms with Crippen LogP contribution in [0.15, 0.2) is 24.3 Å². The molecule has 0 aliphatic carbocycles. The van der Waals surface area contributed by atoms with Gasteiger partial charge in [0.25, 0.3) is 0 Å². The number of aryl methyl sites for hydroxylation is 3. The summed E-state index contributed by atoms with van der Waals surface area (Å²) in [5.74, 6) is 1.47. The first-order valence-electron chi connectivity index (χ1n) is 6.71. The van der Waals surface area contributed by atoms with Crippen LogP contribution in [0.5, 0.6) is 0 Å². The Bertz CT molecular complexity index is 567. The van der Waals surface area contributed by atoms with E-state index in [-0.39, 0.29) is 6.03 Å². The number of hydrogen-bond donors (Lipinski definition) is 2. The normalized spacial score (nSPS) is 10.3. The van der Waals surface area contributed by atoms with Crippen molar-refractivity contribution in [2.24, 2.45) is 0 Å². The highest BCUT2D eigenvalue weighted by Crippen LogP contribution is 2.09. The molecular weight excluding hydrogens is 254 g/mol. The molecule has 2 N–H and O–H groups in total. The SMILES string of the molecule is CCc1nnc(CC)n1NC(=O)Nc1ccc(C)cc1. The third kappa shape index (κ3) is 3.14. The monoisotopic (exact) mass is 273 g/mol. The van der Waals surface area contributed by atoms with Gasteiger partial charge >= 0.3 is 6.03 Å². The summed E-state index contributed by atoms with van der Waals surface area (Å²) in [6, 6.07) is 7.32. The van der Waals surface area contributed by atoms with Crippen LogP contribution in [-0.2, 0) is 12.8 Å². The van der Waals surface area contributed by atoms with Crippen molar-refractivity contribution in [3.8, 4) is 0 Å². The van der Waals surface area contributed by atoms with Gasteiger partial charge in [0.15, 0.2) is 11.6 Å². The largest absolute Gasteiger partial charge is 0.338 e. The fourth-order valence-corrected chi connectivity index (χ4v) is 1.84. The van der Waals surface area contributed by atoms with Crippen molar-refractivity contribution >= 4 is 11.7 Å². The summed E-state index contributed by atoms with van der Waals surface area (Å²) in [4.78, 5) is 12.0. The van der Waals surface area contributed by atoms with E-state index in [1.165, 1.54) is 0 Å². The molecular formula is C14H19N5O. The number of nitrogens with zero attached hydrogens (tertiary/aromatic N) is 3. The second kappa shape index (κ2) is 6.18. The Morgan fingerprint density at radius 1 is 1.10 bits per heavy atom. The van der Waals surface area contributed by atoms with Crippen LogP contribution in [0.1, 0.15) is 31.1 Å². The lowest BCUT2D eigenvalue weighted by Crippen LogP contribution is -2.30. The van der Waals surface area contributed by atoms with Gasteiger partial charge in [0.1, 0.15) is 0 Å². The molecule has 1 aromatic carbocycles. The highest BCUT2D eigenvalue weighted by Gasteiger charge is 2.11. The lowest BCUT2D eigenvalue weighted by atomic mass is 10.2. The predicted octanol–water partition coefficient (Wildman–Crippen LogP) is 2.49. The molecule has 0 fully saturated rings. The molecule has 0 atom stereocenters. The van der Waals surface area contributed by atoms with E-state index < -0.39 is 0 Å². The van der Waals surface area contributed by atoms with Crippen LogP contribution in [-0.4, -0.2) is 20.9 Å². The topological polar surface area (TPSA) is 71.8 Å². The van der Waals surface area contributed by atoms with Crippen molar-refractivity contribution in [2.75, 3.05) is 10.7 Å². The summed E-state index contributed by atoms with van der Waals surface area (Å²) in [6.45, 7) is 5.95. The van der Waals surface area contributed by atoms with Crippen LogP contribution in [0, 0.1) is 6.92 Å². The molecule has 0 saturated heterocycles. The van der Waals surface area contributed by atoms with Gasteiger partial charge in [-0.1, -0.05) is 31.5 Å². The number of amides is 2. The lowest BCUT2D eigenvalue weighted by Gasteiger charge is -2.11. The minimum Gasteiger partial charge on any atom is -0.307 e. The van der Waals surface area contributed by atoms with Crippen molar-refractivity contribution in [1.29, 1.82) is 0 Å². The average molecular weight is 273 g/mol. The molecule has 0 spiro atoms. The zero-order chi connectivity index (χ0) is 14.5. The summed E-state index contributed by atoms with van der Waals surface area (Å²) in [6.07, 6.45) is 1.41. The second-order valence-electron chi connectivity index (χ2n) is 4.51. The molecule has 2 aromatic rings. The number of urea groups is 1. The molecule has 1 heterocycles. The molecule has 2 amide bonds. The minimum absolute atomic E-state index is 0.307. The molecule has 6 nitrogen and oxygen atoms in total. The van der Waals surface area contributed by atoms with E-state index in [9.17, 15) is 4.79 Å². The number of rotatable bonds is 4. The van der Waals surface area contributed by atoms with E-state index in [1.807, 2.05) is 45.0 Å². The van der Waals surface area contributed by atoms with Crippen LogP contribution >= 0.6 is 0 Å². The quantitative estimate of drug-likeness (QED) is 0.899. The number of carbonyl (C=O) groups is 1. The van der Waals surface area contributed by atoms with Crippen molar-refractivity contribution in [3.05, 3.63) is 41.5 Å². The van der Waals surface area contributed by atoms with E-state index >= 15 is 0 Å². The number of nitrogens with one attached hydrogen (secondary N) is 2. The van der Waals surface area contributed by atoms with E-state index in [0.717, 1.165) is 22.9 Å². The molecule has 106 valence electrons. The van der Waals surface area contributed by atoms with E-state index in [2.05, 4.69) is 20.9 Å². The average Bonchev–Trinajstić information content (AvgIpc) is 2.83. The van der Waals surface area contributed by atoms with Crippen LogP contribution in [0.2, 0.25) is 0 Å². The number of anilines is 1. The molecule has 20 heavy (non-hydrogen) atoms. The maximum Gasteiger partial charge on any atom is 0.338 e. The first kappa shape index (κ1) is 14.0. The van der Waals surface area contributed by atoms with E-state index in [0.29, 0.717) is 12.8 Å². The smallest absolute Gasteiger partial charge is 0.307 e. The van der Waals surface area contributed by atoms with E-state index in [1.54, 1.807) is 4.68 Å². The fourth-order valence-electron chi connectivity index (χ4n) is 1.84. The summed E-state index contributed by atoms with van der Waals surface area (Å²) < 4.78 is 1.64. The Morgan fingerprint density at radius 3 is 2.15 bits per heavy atom. The number of carbonyl (C=O) groups excluding carboxylic acids is 1. The first-order valence-corrected chi connectivity index (χ1v) is 6.71. The molecule has 0 saturated carbocycles. The number of hydrogen-bond acceptors (Lipinski definition) is 3. The highest BCUT2D eigenvalue weighted by atomic mass is 16.2. The van der Waals surface area contributed by atoms with Gasteiger partial charge in [0.05, 0.1) is 0 Å². The first-order chi connectivity index (χ1) is 9.63. The lowest BCUT2D eigenvalue weighted by molar-refractivity contribution is 0.259. The van der Waals surface area contributed by atoms with Crippen LogP contribution in [0.4, 0.5) is 10.5 Å². The minimum atomic E-state index is -0.307. The van der Waals surface area contributed by atoms with Gasteiger partial charge in [-0.05, 0) is 19.1 Å². The Hall–Kier alpha value is -2.37. The third-order valence-corrected chi connectivity index (χ3v) is 2.95. The van der Waals surface area contributed by atoms with E-state index in [4.69, 9.17) is 0 Å². The Morgan fingerprint density at radius 2 is 1.65 bits per heavy atom. The van der Waals surface area contributed by atoms with Gasteiger partial charge in [-0.2, -0.15) is 0 Å². The summed E-state index contributed by atoms with van der Waals surface area (Å²) in [7, 11) is 0. The summed E-state index contributed by atoms with van der Waals surface area (Å²) in [5, 5.41) is 10.9. The zero-order valence-corrected chi connectivity index (χ0v) is 12.0. The number of aromatic nitrogens is 3. The van der Waals surface area contributed by atoms with Crippen molar-refractivity contribution < 1.29 is 4.79 Å². The van der Waals surface area contributed by atoms with Gasteiger partial charge < -0.3 is 5.32 Å². The maximum absolute atomic E-state index is 12.0. The van der Waals surface area contributed by atoms with Gasteiger partial charge in [0.2, 0.25) is 0 Å². The molecule has 6 heteroatoms. The molecule has 1 aromatic heterocycles. The van der Waals surface area contributed by atoms with Gasteiger partial charge in [0, 0.05) is 18.5 Å². The van der Waals surface area contributed by atoms with Gasteiger partial charge in [-0.15, -0.1) is 10.2 Å². The predicted molar refractivity (Wildman–Crippen MR) is 78.3 cm³/mol. The van der Waals surface area contributed by atoms with Crippen LogP contribution < -0.4 is 10.7 Å². The third-order valence-electron chi connectivity index (χ3n) is 2.95. The molecule has 0 radical (unpaired) electrons. The van der Waals surface area contributed by atoms with Crippen molar-refractivity contribution in [1.82, 2.24) is 14.9 Å². The maximum atomic E-state index is 12.0. The zero-order valence-electron chi connectivity index (χ0n) is 12.0. The number of benzene rings is 1. The standard InChI is InChI=1S/C14H19N5O/c1-4-12-16-17-13(5-2)19(12)18-14(20)15-11-8-6-10(3)7-9-11/h6-9H,4-5H2,1-3H3,(H2,15,18,20). The van der Waals surface area contributed by atoms with Crippen molar-refractivity contribution in [2.45, 2.75) is 33.6 Å².